The van der Waals surface area contributed by atoms with Crippen LogP contribution in [-0.4, -0.2) is 6.04 Å². The molecule has 102 valence electrons. The standard InChI is InChI=1S/C15H17Br2NO/c1-10(9-12-3-5-13(16)6-4-12)18-11(2)14-7-8-15(17)19-14/h3-8,10-11,18H,9H2,1-2H3. The van der Waals surface area contributed by atoms with E-state index < -0.39 is 0 Å². The van der Waals surface area contributed by atoms with Crippen LogP contribution in [0.2, 0.25) is 0 Å². The molecule has 2 rings (SSSR count). The number of nitrogens with one attached hydrogen (secondary N) is 1. The second-order valence-corrected chi connectivity index (χ2v) is 6.46. The Hall–Kier alpha value is -0.580. The lowest BCUT2D eigenvalue weighted by Crippen LogP contribution is -2.30. The lowest BCUT2D eigenvalue weighted by Gasteiger charge is -2.18. The molecule has 0 bridgehead atoms. The summed E-state index contributed by atoms with van der Waals surface area (Å²) in [4.78, 5) is 0. The topological polar surface area (TPSA) is 25.2 Å². The smallest absolute Gasteiger partial charge is 0.169 e. The van der Waals surface area contributed by atoms with Gasteiger partial charge in [-0.2, -0.15) is 0 Å². The van der Waals surface area contributed by atoms with Gasteiger partial charge in [-0.1, -0.05) is 28.1 Å². The van der Waals surface area contributed by atoms with Gasteiger partial charge in [0.15, 0.2) is 4.67 Å². The third-order valence-electron chi connectivity index (χ3n) is 3.01. The number of halogens is 2. The Bertz CT molecular complexity index is 521. The maximum Gasteiger partial charge on any atom is 0.169 e. The predicted molar refractivity (Wildman–Crippen MR) is 85.3 cm³/mol. The molecule has 0 radical (unpaired) electrons. The summed E-state index contributed by atoms with van der Waals surface area (Å²) < 4.78 is 7.45. The van der Waals surface area contributed by atoms with Gasteiger partial charge < -0.3 is 9.73 Å². The number of furan rings is 1. The first-order chi connectivity index (χ1) is 9.04. The maximum atomic E-state index is 5.56. The van der Waals surface area contributed by atoms with Crippen LogP contribution in [0.15, 0.2) is 50.0 Å². The van der Waals surface area contributed by atoms with E-state index in [1.807, 2.05) is 12.1 Å². The molecule has 1 aromatic heterocycles. The number of hydrogen-bond donors (Lipinski definition) is 1. The highest BCUT2D eigenvalue weighted by molar-refractivity contribution is 9.10. The minimum Gasteiger partial charge on any atom is -0.453 e. The fourth-order valence-electron chi connectivity index (χ4n) is 2.10. The molecule has 0 spiro atoms. The lowest BCUT2D eigenvalue weighted by atomic mass is 10.1. The summed E-state index contributed by atoms with van der Waals surface area (Å²) >= 11 is 6.78. The molecule has 1 N–H and O–H groups in total. The first-order valence-electron chi connectivity index (χ1n) is 6.30. The molecule has 0 aliphatic carbocycles. The van der Waals surface area contributed by atoms with Gasteiger partial charge >= 0.3 is 0 Å². The summed E-state index contributed by atoms with van der Waals surface area (Å²) in [6, 6.07) is 13.0. The molecular weight excluding hydrogens is 370 g/mol. The summed E-state index contributed by atoms with van der Waals surface area (Å²) in [5, 5.41) is 3.55. The van der Waals surface area contributed by atoms with Crippen molar-refractivity contribution in [2.75, 3.05) is 0 Å². The summed E-state index contributed by atoms with van der Waals surface area (Å²) in [6.45, 7) is 4.31. The van der Waals surface area contributed by atoms with Crippen LogP contribution in [-0.2, 0) is 6.42 Å². The van der Waals surface area contributed by atoms with Crippen molar-refractivity contribution < 1.29 is 4.42 Å². The summed E-state index contributed by atoms with van der Waals surface area (Å²) in [5.41, 5.74) is 1.33. The van der Waals surface area contributed by atoms with Crippen molar-refractivity contribution in [2.24, 2.45) is 0 Å². The Morgan fingerprint density at radius 2 is 1.74 bits per heavy atom. The van der Waals surface area contributed by atoms with Gasteiger partial charge in [0.2, 0.25) is 0 Å². The van der Waals surface area contributed by atoms with E-state index in [0.29, 0.717) is 6.04 Å². The van der Waals surface area contributed by atoms with Crippen molar-refractivity contribution in [3.63, 3.8) is 0 Å². The molecule has 0 aliphatic rings. The second kappa shape index (κ2) is 6.73. The second-order valence-electron chi connectivity index (χ2n) is 4.76. The Kier molecular flexibility index (Phi) is 5.25. The molecule has 0 aliphatic heterocycles. The number of rotatable bonds is 5. The minimum atomic E-state index is 0.205. The first kappa shape index (κ1) is 14.8. The molecule has 19 heavy (non-hydrogen) atoms. The van der Waals surface area contributed by atoms with E-state index in [2.05, 4.69) is 75.3 Å². The van der Waals surface area contributed by atoms with E-state index >= 15 is 0 Å². The highest BCUT2D eigenvalue weighted by Gasteiger charge is 2.13. The van der Waals surface area contributed by atoms with Crippen LogP contribution in [0.4, 0.5) is 0 Å². The molecule has 2 nitrogen and oxygen atoms in total. The van der Waals surface area contributed by atoms with E-state index in [1.54, 1.807) is 0 Å². The summed E-state index contributed by atoms with van der Waals surface area (Å²) in [5.74, 6) is 0.953. The molecule has 1 aromatic carbocycles. The van der Waals surface area contributed by atoms with Crippen molar-refractivity contribution in [1.29, 1.82) is 0 Å². The molecule has 2 atom stereocenters. The van der Waals surface area contributed by atoms with E-state index in [-0.39, 0.29) is 6.04 Å². The summed E-state index contributed by atoms with van der Waals surface area (Å²) in [6.07, 6.45) is 1.000. The van der Waals surface area contributed by atoms with E-state index in [1.165, 1.54) is 5.56 Å². The van der Waals surface area contributed by atoms with Gasteiger partial charge in [-0.05, 0) is 66.0 Å². The third kappa shape index (κ3) is 4.48. The van der Waals surface area contributed by atoms with Gasteiger partial charge in [-0.25, -0.2) is 0 Å². The fraction of sp³-hybridized carbons (Fsp3) is 0.333. The van der Waals surface area contributed by atoms with Gasteiger partial charge in [0.25, 0.3) is 0 Å². The normalized spacial score (nSPS) is 14.3. The molecule has 0 fully saturated rings. The lowest BCUT2D eigenvalue weighted by molar-refractivity contribution is 0.389. The fourth-order valence-corrected chi connectivity index (χ4v) is 2.69. The van der Waals surface area contributed by atoms with Gasteiger partial charge in [0.05, 0.1) is 6.04 Å². The average Bonchev–Trinajstić information content (AvgIpc) is 2.79. The van der Waals surface area contributed by atoms with Crippen molar-refractivity contribution in [3.8, 4) is 0 Å². The van der Waals surface area contributed by atoms with E-state index in [0.717, 1.165) is 21.3 Å². The Balaban J connectivity index is 1.90. The molecule has 0 saturated carbocycles. The monoisotopic (exact) mass is 385 g/mol. The quantitative estimate of drug-likeness (QED) is 0.774. The molecule has 2 aromatic rings. The largest absolute Gasteiger partial charge is 0.453 e. The predicted octanol–water partition coefficient (Wildman–Crippen LogP) is 5.09. The van der Waals surface area contributed by atoms with Crippen molar-refractivity contribution in [3.05, 3.63) is 56.9 Å². The minimum absolute atomic E-state index is 0.205. The maximum absolute atomic E-state index is 5.56. The van der Waals surface area contributed by atoms with Gasteiger partial charge in [0.1, 0.15) is 5.76 Å². The Morgan fingerprint density at radius 1 is 1.05 bits per heavy atom. The first-order valence-corrected chi connectivity index (χ1v) is 7.89. The molecule has 2 unspecified atom stereocenters. The van der Waals surface area contributed by atoms with Crippen LogP contribution in [0.5, 0.6) is 0 Å². The zero-order chi connectivity index (χ0) is 13.8. The number of hydrogen-bond acceptors (Lipinski definition) is 2. The SMILES string of the molecule is CC(Cc1ccc(Br)cc1)NC(C)c1ccc(Br)o1. The van der Waals surface area contributed by atoms with Crippen LogP contribution >= 0.6 is 31.9 Å². The Morgan fingerprint density at radius 3 is 2.32 bits per heavy atom. The van der Waals surface area contributed by atoms with Crippen LogP contribution in [0.25, 0.3) is 0 Å². The zero-order valence-corrected chi connectivity index (χ0v) is 14.2. The van der Waals surface area contributed by atoms with Crippen LogP contribution in [0, 0.1) is 0 Å². The Labute approximate surface area is 130 Å². The summed E-state index contributed by atoms with van der Waals surface area (Å²) in [7, 11) is 0. The van der Waals surface area contributed by atoms with E-state index in [9.17, 15) is 0 Å². The van der Waals surface area contributed by atoms with Gasteiger partial charge in [0, 0.05) is 10.5 Å². The molecular formula is C15H17Br2NO. The molecule has 0 saturated heterocycles. The highest BCUT2D eigenvalue weighted by Crippen LogP contribution is 2.21. The highest BCUT2D eigenvalue weighted by atomic mass is 79.9. The van der Waals surface area contributed by atoms with Gasteiger partial charge in [-0.15, -0.1) is 0 Å². The van der Waals surface area contributed by atoms with Crippen LogP contribution in [0.1, 0.15) is 31.2 Å². The van der Waals surface area contributed by atoms with Crippen molar-refractivity contribution in [1.82, 2.24) is 5.32 Å². The van der Waals surface area contributed by atoms with E-state index in [4.69, 9.17) is 4.42 Å². The average molecular weight is 387 g/mol. The molecule has 4 heteroatoms. The zero-order valence-electron chi connectivity index (χ0n) is 11.0. The van der Waals surface area contributed by atoms with Crippen molar-refractivity contribution >= 4 is 31.9 Å². The molecule has 0 amide bonds. The van der Waals surface area contributed by atoms with Crippen LogP contribution in [0.3, 0.4) is 0 Å². The van der Waals surface area contributed by atoms with Gasteiger partial charge in [-0.3, -0.25) is 0 Å². The number of benzene rings is 1. The van der Waals surface area contributed by atoms with Crippen molar-refractivity contribution in [2.45, 2.75) is 32.4 Å². The molecule has 1 heterocycles. The third-order valence-corrected chi connectivity index (χ3v) is 3.97. The van der Waals surface area contributed by atoms with Crippen LogP contribution < -0.4 is 5.32 Å².